The highest BCUT2D eigenvalue weighted by atomic mass is 32.1. The monoisotopic (exact) mass is 388 g/mol. The Balaban J connectivity index is 1.85. The second-order valence-corrected chi connectivity index (χ2v) is 7.85. The Bertz CT molecular complexity index is 1110. The van der Waals surface area contributed by atoms with Gasteiger partial charge in [-0.1, -0.05) is 36.4 Å². The molecule has 3 aromatic rings. The van der Waals surface area contributed by atoms with Gasteiger partial charge in [0.15, 0.2) is 0 Å². The third kappa shape index (κ3) is 3.04. The van der Waals surface area contributed by atoms with Crippen LogP contribution in [-0.2, 0) is 9.59 Å². The topological polar surface area (TPSA) is 49.4 Å². The van der Waals surface area contributed by atoms with E-state index in [9.17, 15) is 9.59 Å². The van der Waals surface area contributed by atoms with Gasteiger partial charge in [-0.15, -0.1) is 11.3 Å². The minimum absolute atomic E-state index is 0.294. The van der Waals surface area contributed by atoms with Crippen LogP contribution in [0.2, 0.25) is 0 Å². The number of carbonyl (C=O) groups is 2. The summed E-state index contributed by atoms with van der Waals surface area (Å²) in [6.45, 7) is 5.83. The van der Waals surface area contributed by atoms with E-state index in [1.807, 2.05) is 80.7 Å². The molecule has 5 heteroatoms. The summed E-state index contributed by atoms with van der Waals surface area (Å²) in [5.74, 6) is -0.623. The number of rotatable bonds is 4. The lowest BCUT2D eigenvalue weighted by Gasteiger charge is -2.18. The van der Waals surface area contributed by atoms with Crippen LogP contribution in [0.5, 0.6) is 0 Å². The van der Waals surface area contributed by atoms with Crippen LogP contribution in [0.1, 0.15) is 21.6 Å². The summed E-state index contributed by atoms with van der Waals surface area (Å²) in [5, 5.41) is 5.14. The quantitative estimate of drug-likeness (QED) is 0.635. The Morgan fingerprint density at radius 3 is 2.36 bits per heavy atom. The maximum atomic E-state index is 13.4. The highest BCUT2D eigenvalue weighted by Gasteiger charge is 2.41. The van der Waals surface area contributed by atoms with E-state index in [0.717, 1.165) is 27.3 Å². The Hall–Kier alpha value is -3.18. The van der Waals surface area contributed by atoms with Gasteiger partial charge in [0.05, 0.1) is 11.3 Å². The number of nitrogens with one attached hydrogen (secondary N) is 1. The van der Waals surface area contributed by atoms with E-state index < -0.39 is 0 Å². The molecule has 4 rings (SSSR count). The summed E-state index contributed by atoms with van der Waals surface area (Å²) in [6.07, 6.45) is 0. The van der Waals surface area contributed by atoms with E-state index in [1.165, 1.54) is 16.2 Å². The lowest BCUT2D eigenvalue weighted by atomic mass is 10.1. The molecule has 1 N–H and O–H groups in total. The summed E-state index contributed by atoms with van der Waals surface area (Å²) in [4.78, 5) is 28.8. The molecule has 0 aliphatic carbocycles. The van der Waals surface area contributed by atoms with Crippen molar-refractivity contribution in [2.45, 2.75) is 20.8 Å². The molecular formula is C23H20N2O2S. The number of hydrogen-bond acceptors (Lipinski definition) is 4. The average molecular weight is 388 g/mol. The number of anilines is 2. The molecule has 0 saturated carbocycles. The van der Waals surface area contributed by atoms with Crippen molar-refractivity contribution in [3.05, 3.63) is 87.2 Å². The summed E-state index contributed by atoms with van der Waals surface area (Å²) in [7, 11) is 0. The maximum Gasteiger partial charge on any atom is 0.282 e. The summed E-state index contributed by atoms with van der Waals surface area (Å²) >= 11 is 1.45. The van der Waals surface area contributed by atoms with Crippen LogP contribution in [0.15, 0.2) is 65.7 Å². The molecule has 0 spiro atoms. The zero-order valence-corrected chi connectivity index (χ0v) is 16.8. The van der Waals surface area contributed by atoms with Crippen LogP contribution in [0.3, 0.4) is 0 Å². The van der Waals surface area contributed by atoms with Gasteiger partial charge in [-0.25, -0.2) is 4.90 Å². The van der Waals surface area contributed by atoms with Crippen LogP contribution in [0, 0.1) is 20.8 Å². The number of para-hydroxylation sites is 1. The number of aryl methyl sites for hydroxylation is 3. The van der Waals surface area contributed by atoms with Crippen molar-refractivity contribution in [1.82, 2.24) is 0 Å². The van der Waals surface area contributed by atoms with Crippen LogP contribution in [-0.4, -0.2) is 11.8 Å². The largest absolute Gasteiger partial charge is 0.350 e. The van der Waals surface area contributed by atoms with E-state index in [4.69, 9.17) is 0 Å². The summed E-state index contributed by atoms with van der Waals surface area (Å²) in [6, 6.07) is 17.3. The molecule has 1 aliphatic heterocycles. The number of amides is 2. The van der Waals surface area contributed by atoms with Gasteiger partial charge in [-0.05, 0) is 61.0 Å². The Kier molecular flexibility index (Phi) is 4.61. The molecule has 1 aromatic heterocycles. The first-order valence-corrected chi connectivity index (χ1v) is 9.92. The molecule has 0 saturated heterocycles. The zero-order valence-electron chi connectivity index (χ0n) is 15.9. The van der Waals surface area contributed by atoms with Gasteiger partial charge < -0.3 is 5.32 Å². The first kappa shape index (κ1) is 18.2. The minimum Gasteiger partial charge on any atom is -0.350 e. The van der Waals surface area contributed by atoms with Gasteiger partial charge in [-0.2, -0.15) is 0 Å². The first-order chi connectivity index (χ1) is 13.5. The standard InChI is InChI=1S/C23H20N2O2S/c1-14-10-11-16(3)18(13-14)25-22(26)20(19-9-6-12-28-19)21(23(25)27)24-17-8-5-4-7-15(17)2/h4-13,24H,1-3H3. The van der Waals surface area contributed by atoms with Crippen LogP contribution in [0.25, 0.3) is 5.57 Å². The minimum atomic E-state index is -0.328. The fourth-order valence-electron chi connectivity index (χ4n) is 3.32. The second-order valence-electron chi connectivity index (χ2n) is 6.90. The van der Waals surface area contributed by atoms with E-state index in [0.29, 0.717) is 17.0 Å². The molecule has 4 nitrogen and oxygen atoms in total. The van der Waals surface area contributed by atoms with Gasteiger partial charge in [0.1, 0.15) is 5.70 Å². The van der Waals surface area contributed by atoms with Gasteiger partial charge in [-0.3, -0.25) is 9.59 Å². The maximum absolute atomic E-state index is 13.4. The summed E-state index contributed by atoms with van der Waals surface area (Å²) in [5.41, 5.74) is 5.08. The smallest absolute Gasteiger partial charge is 0.282 e. The normalized spacial score (nSPS) is 14.2. The van der Waals surface area contributed by atoms with E-state index in [-0.39, 0.29) is 11.8 Å². The van der Waals surface area contributed by atoms with Crippen molar-refractivity contribution >= 4 is 40.1 Å². The Morgan fingerprint density at radius 2 is 1.64 bits per heavy atom. The molecule has 0 radical (unpaired) electrons. The molecular weight excluding hydrogens is 368 g/mol. The number of hydrogen-bond donors (Lipinski definition) is 1. The predicted octanol–water partition coefficient (Wildman–Crippen LogP) is 5.07. The molecule has 1 aliphatic rings. The van der Waals surface area contributed by atoms with Gasteiger partial charge >= 0.3 is 0 Å². The van der Waals surface area contributed by atoms with Gasteiger partial charge in [0.2, 0.25) is 0 Å². The number of imide groups is 1. The highest BCUT2D eigenvalue weighted by molar-refractivity contribution is 7.11. The molecule has 0 fully saturated rings. The van der Waals surface area contributed by atoms with E-state index in [1.54, 1.807) is 0 Å². The number of thiophene rings is 1. The van der Waals surface area contributed by atoms with Gasteiger partial charge in [0.25, 0.3) is 11.8 Å². The third-order valence-electron chi connectivity index (χ3n) is 4.86. The predicted molar refractivity (Wildman–Crippen MR) is 114 cm³/mol. The number of benzene rings is 2. The van der Waals surface area contributed by atoms with Crippen molar-refractivity contribution in [3.8, 4) is 0 Å². The third-order valence-corrected chi connectivity index (χ3v) is 5.75. The van der Waals surface area contributed by atoms with Crippen LogP contribution >= 0.6 is 11.3 Å². The Morgan fingerprint density at radius 1 is 0.857 bits per heavy atom. The fraction of sp³-hybridized carbons (Fsp3) is 0.130. The summed E-state index contributed by atoms with van der Waals surface area (Å²) < 4.78 is 0. The van der Waals surface area contributed by atoms with Crippen molar-refractivity contribution < 1.29 is 9.59 Å². The SMILES string of the molecule is Cc1ccc(C)c(N2C(=O)C(Nc3ccccc3C)=C(c3cccs3)C2=O)c1. The molecule has 28 heavy (non-hydrogen) atoms. The van der Waals surface area contributed by atoms with E-state index >= 15 is 0 Å². The molecule has 0 atom stereocenters. The van der Waals surface area contributed by atoms with Crippen molar-refractivity contribution in [1.29, 1.82) is 0 Å². The van der Waals surface area contributed by atoms with Crippen molar-refractivity contribution in [2.24, 2.45) is 0 Å². The number of nitrogens with zero attached hydrogens (tertiary/aromatic N) is 1. The molecule has 2 amide bonds. The highest BCUT2D eigenvalue weighted by Crippen LogP contribution is 2.37. The van der Waals surface area contributed by atoms with Crippen molar-refractivity contribution in [2.75, 3.05) is 10.2 Å². The molecule has 2 heterocycles. The molecule has 2 aromatic carbocycles. The molecule has 0 bridgehead atoms. The van der Waals surface area contributed by atoms with Crippen LogP contribution < -0.4 is 10.2 Å². The lowest BCUT2D eigenvalue weighted by molar-refractivity contribution is -0.120. The first-order valence-electron chi connectivity index (χ1n) is 9.04. The zero-order chi connectivity index (χ0) is 19.8. The second kappa shape index (κ2) is 7.09. The van der Waals surface area contributed by atoms with Crippen LogP contribution in [0.4, 0.5) is 11.4 Å². The van der Waals surface area contributed by atoms with E-state index in [2.05, 4.69) is 5.32 Å². The fourth-order valence-corrected chi connectivity index (χ4v) is 4.09. The molecule has 140 valence electrons. The van der Waals surface area contributed by atoms with Gasteiger partial charge in [0, 0.05) is 10.6 Å². The molecule has 0 unspecified atom stereocenters. The lowest BCUT2D eigenvalue weighted by Crippen LogP contribution is -2.33. The number of carbonyl (C=O) groups excluding carboxylic acids is 2. The average Bonchev–Trinajstić information content (AvgIpc) is 3.27. The Labute approximate surface area is 168 Å². The van der Waals surface area contributed by atoms with Crippen molar-refractivity contribution in [3.63, 3.8) is 0 Å².